The molecule has 0 radical (unpaired) electrons. The molecule has 1 atom stereocenters. The molecular formula is C16H33N3O2. The molecule has 0 bridgehead atoms. The molecule has 0 aromatic heterocycles. The van der Waals surface area contributed by atoms with Crippen molar-refractivity contribution in [1.29, 1.82) is 0 Å². The van der Waals surface area contributed by atoms with E-state index < -0.39 is 5.60 Å². The number of ether oxygens (including phenoxy) is 1. The van der Waals surface area contributed by atoms with E-state index >= 15 is 0 Å². The third-order valence-electron chi connectivity index (χ3n) is 3.82. The summed E-state index contributed by atoms with van der Waals surface area (Å²) in [6, 6.07) is 0. The Morgan fingerprint density at radius 3 is 2.38 bits per heavy atom. The van der Waals surface area contributed by atoms with Gasteiger partial charge in [0.2, 0.25) is 0 Å². The van der Waals surface area contributed by atoms with Crippen LogP contribution in [0.5, 0.6) is 0 Å². The van der Waals surface area contributed by atoms with Gasteiger partial charge in [-0.25, -0.2) is 4.79 Å². The van der Waals surface area contributed by atoms with Gasteiger partial charge in [0.25, 0.3) is 0 Å². The first kappa shape index (κ1) is 18.2. The van der Waals surface area contributed by atoms with E-state index in [1.165, 1.54) is 6.42 Å². The minimum atomic E-state index is -0.409. The largest absolute Gasteiger partial charge is 0.444 e. The third-order valence-corrected chi connectivity index (χ3v) is 3.82. The highest BCUT2D eigenvalue weighted by Gasteiger charge is 2.25. The summed E-state index contributed by atoms with van der Waals surface area (Å²) in [5.74, 6) is 0.744. The van der Waals surface area contributed by atoms with Gasteiger partial charge in [-0.2, -0.15) is 0 Å². The molecule has 1 aliphatic heterocycles. The van der Waals surface area contributed by atoms with Gasteiger partial charge in [-0.1, -0.05) is 20.3 Å². The smallest absolute Gasteiger partial charge is 0.410 e. The molecule has 0 aliphatic carbocycles. The number of carbonyl (C=O) groups is 1. The maximum atomic E-state index is 12.0. The molecule has 5 heteroatoms. The predicted octanol–water partition coefficient (Wildman–Crippen LogP) is 2.17. The summed E-state index contributed by atoms with van der Waals surface area (Å²) in [6.07, 6.45) is 1.04. The van der Waals surface area contributed by atoms with Crippen LogP contribution in [0.25, 0.3) is 0 Å². The quantitative estimate of drug-likeness (QED) is 0.764. The molecule has 5 nitrogen and oxygen atoms in total. The van der Waals surface area contributed by atoms with E-state index in [-0.39, 0.29) is 6.09 Å². The van der Waals surface area contributed by atoms with Gasteiger partial charge in [-0.15, -0.1) is 0 Å². The van der Waals surface area contributed by atoms with Crippen LogP contribution < -0.4 is 5.32 Å². The lowest BCUT2D eigenvalue weighted by atomic mass is 10.1. The second kappa shape index (κ2) is 8.59. The molecule has 1 aliphatic rings. The molecule has 1 amide bonds. The SMILES string of the molecule is CCC(C)CNCCN1CCN(C(=O)OC(C)(C)C)CC1. The van der Waals surface area contributed by atoms with Gasteiger partial charge in [-0.3, -0.25) is 4.90 Å². The summed E-state index contributed by atoms with van der Waals surface area (Å²) in [7, 11) is 0. The molecule has 1 N–H and O–H groups in total. The normalized spacial score (nSPS) is 18.6. The van der Waals surface area contributed by atoms with Crippen molar-refractivity contribution < 1.29 is 9.53 Å². The summed E-state index contributed by atoms with van der Waals surface area (Å²) < 4.78 is 5.41. The van der Waals surface area contributed by atoms with Crippen LogP contribution in [0.1, 0.15) is 41.0 Å². The molecule has 0 aromatic carbocycles. The fraction of sp³-hybridized carbons (Fsp3) is 0.938. The van der Waals surface area contributed by atoms with Crippen molar-refractivity contribution in [3.05, 3.63) is 0 Å². The fourth-order valence-corrected chi connectivity index (χ4v) is 2.21. The zero-order chi connectivity index (χ0) is 15.9. The molecule has 0 aromatic rings. The van der Waals surface area contributed by atoms with Crippen LogP contribution in [-0.4, -0.2) is 67.3 Å². The standard InChI is InChI=1S/C16H33N3O2/c1-6-14(2)13-17-7-8-18-9-11-19(12-10-18)15(20)21-16(3,4)5/h14,17H,6-13H2,1-5H3. The lowest BCUT2D eigenvalue weighted by Gasteiger charge is -2.35. The Morgan fingerprint density at radius 2 is 1.86 bits per heavy atom. The zero-order valence-corrected chi connectivity index (χ0v) is 14.4. The Bertz CT molecular complexity index is 307. The first-order chi connectivity index (χ1) is 9.81. The molecule has 0 spiro atoms. The Morgan fingerprint density at radius 1 is 1.24 bits per heavy atom. The van der Waals surface area contributed by atoms with Gasteiger partial charge in [0.1, 0.15) is 5.60 Å². The maximum absolute atomic E-state index is 12.0. The Hall–Kier alpha value is -0.810. The van der Waals surface area contributed by atoms with Crippen LogP contribution in [0.2, 0.25) is 0 Å². The van der Waals surface area contributed by atoms with Gasteiger partial charge in [0.05, 0.1) is 0 Å². The first-order valence-electron chi connectivity index (χ1n) is 8.23. The molecular weight excluding hydrogens is 266 g/mol. The van der Waals surface area contributed by atoms with E-state index in [0.29, 0.717) is 0 Å². The van der Waals surface area contributed by atoms with Gasteiger partial charge in [0.15, 0.2) is 0 Å². The number of rotatable bonds is 6. The van der Waals surface area contributed by atoms with Gasteiger partial charge < -0.3 is 15.0 Å². The van der Waals surface area contributed by atoms with Crippen LogP contribution in [0, 0.1) is 5.92 Å². The van der Waals surface area contributed by atoms with E-state index in [2.05, 4.69) is 24.1 Å². The zero-order valence-electron chi connectivity index (χ0n) is 14.4. The van der Waals surface area contributed by atoms with E-state index in [1.54, 1.807) is 0 Å². The Labute approximate surface area is 130 Å². The van der Waals surface area contributed by atoms with E-state index in [0.717, 1.165) is 51.7 Å². The minimum Gasteiger partial charge on any atom is -0.444 e. The van der Waals surface area contributed by atoms with Crippen molar-refractivity contribution in [2.24, 2.45) is 5.92 Å². The van der Waals surface area contributed by atoms with Crippen molar-refractivity contribution in [1.82, 2.24) is 15.1 Å². The van der Waals surface area contributed by atoms with Crippen molar-refractivity contribution >= 4 is 6.09 Å². The molecule has 21 heavy (non-hydrogen) atoms. The second-order valence-corrected chi connectivity index (χ2v) is 7.03. The predicted molar refractivity (Wildman–Crippen MR) is 86.6 cm³/mol. The molecule has 1 unspecified atom stereocenters. The van der Waals surface area contributed by atoms with Crippen molar-refractivity contribution in [3.8, 4) is 0 Å². The summed E-state index contributed by atoms with van der Waals surface area (Å²) in [5, 5.41) is 3.50. The van der Waals surface area contributed by atoms with Crippen molar-refractivity contribution in [2.75, 3.05) is 45.8 Å². The number of piperazine rings is 1. The summed E-state index contributed by atoms with van der Waals surface area (Å²) in [5.41, 5.74) is -0.409. The number of hydrogen-bond acceptors (Lipinski definition) is 4. The molecule has 1 rings (SSSR count). The highest BCUT2D eigenvalue weighted by molar-refractivity contribution is 5.68. The van der Waals surface area contributed by atoms with E-state index in [1.807, 2.05) is 25.7 Å². The first-order valence-corrected chi connectivity index (χ1v) is 8.23. The lowest BCUT2D eigenvalue weighted by molar-refractivity contribution is 0.0146. The number of nitrogens with zero attached hydrogens (tertiary/aromatic N) is 2. The molecule has 1 fully saturated rings. The van der Waals surface area contributed by atoms with E-state index in [9.17, 15) is 4.79 Å². The molecule has 1 heterocycles. The molecule has 1 saturated heterocycles. The average Bonchev–Trinajstić information content (AvgIpc) is 2.42. The molecule has 0 saturated carbocycles. The van der Waals surface area contributed by atoms with Gasteiger partial charge in [-0.05, 0) is 33.2 Å². The Balaban J connectivity index is 2.16. The van der Waals surface area contributed by atoms with Gasteiger partial charge in [0, 0.05) is 39.3 Å². The second-order valence-electron chi connectivity index (χ2n) is 7.03. The summed E-state index contributed by atoms with van der Waals surface area (Å²) in [4.78, 5) is 16.2. The van der Waals surface area contributed by atoms with Gasteiger partial charge >= 0.3 is 6.09 Å². The summed E-state index contributed by atoms with van der Waals surface area (Å²) in [6.45, 7) is 16.8. The topological polar surface area (TPSA) is 44.8 Å². The van der Waals surface area contributed by atoms with Crippen LogP contribution in [-0.2, 0) is 4.74 Å². The average molecular weight is 299 g/mol. The number of carbonyl (C=O) groups excluding carboxylic acids is 1. The molecule has 124 valence electrons. The van der Waals surface area contributed by atoms with Crippen LogP contribution in [0.15, 0.2) is 0 Å². The van der Waals surface area contributed by atoms with Crippen LogP contribution in [0.4, 0.5) is 4.79 Å². The highest BCUT2D eigenvalue weighted by Crippen LogP contribution is 2.11. The third kappa shape index (κ3) is 7.67. The number of nitrogens with one attached hydrogen (secondary N) is 1. The van der Waals surface area contributed by atoms with Crippen LogP contribution in [0.3, 0.4) is 0 Å². The van der Waals surface area contributed by atoms with E-state index in [4.69, 9.17) is 4.74 Å². The lowest BCUT2D eigenvalue weighted by Crippen LogP contribution is -2.51. The fourth-order valence-electron chi connectivity index (χ4n) is 2.21. The Kier molecular flexibility index (Phi) is 7.46. The summed E-state index contributed by atoms with van der Waals surface area (Å²) >= 11 is 0. The number of hydrogen-bond donors (Lipinski definition) is 1. The monoisotopic (exact) mass is 299 g/mol. The maximum Gasteiger partial charge on any atom is 0.410 e. The van der Waals surface area contributed by atoms with Crippen LogP contribution >= 0.6 is 0 Å². The van der Waals surface area contributed by atoms with Crippen molar-refractivity contribution in [2.45, 2.75) is 46.6 Å². The highest BCUT2D eigenvalue weighted by atomic mass is 16.6. The van der Waals surface area contributed by atoms with Crippen molar-refractivity contribution in [3.63, 3.8) is 0 Å². The minimum absolute atomic E-state index is 0.183. The number of amides is 1.